The number of nitriles is 1. The molecule has 0 aromatic heterocycles. The molecular weight excluding hydrogens is 316 g/mol. The number of hydrogen-bond donors (Lipinski definition) is 1. The van der Waals surface area contributed by atoms with Crippen molar-refractivity contribution in [2.45, 2.75) is 13.0 Å². The summed E-state index contributed by atoms with van der Waals surface area (Å²) in [5.41, 5.74) is 1.27. The standard InChI is InChI=1S/C17H13ClN2O3/c1-11(16(21)20-15-8-6-14(18)7-9-15)23-17(22)13-4-2-12(10-19)3-5-13/h2-9,11H,1H3,(H,20,21)/t11-/m0/s1. The molecule has 1 amide bonds. The predicted molar refractivity (Wildman–Crippen MR) is 86.1 cm³/mol. The van der Waals surface area contributed by atoms with E-state index >= 15 is 0 Å². The molecule has 0 aliphatic rings. The molecule has 0 spiro atoms. The highest BCUT2D eigenvalue weighted by atomic mass is 35.5. The van der Waals surface area contributed by atoms with E-state index in [9.17, 15) is 9.59 Å². The summed E-state index contributed by atoms with van der Waals surface area (Å²) in [5.74, 6) is -1.08. The number of hydrogen-bond acceptors (Lipinski definition) is 4. The van der Waals surface area contributed by atoms with E-state index in [1.54, 1.807) is 24.3 Å². The van der Waals surface area contributed by atoms with Crippen molar-refractivity contribution in [1.29, 1.82) is 5.26 Å². The van der Waals surface area contributed by atoms with E-state index < -0.39 is 18.0 Å². The van der Waals surface area contributed by atoms with Crippen LogP contribution in [0.15, 0.2) is 48.5 Å². The lowest BCUT2D eigenvalue weighted by Crippen LogP contribution is -2.29. The molecule has 0 bridgehead atoms. The van der Waals surface area contributed by atoms with Crippen LogP contribution in [0.1, 0.15) is 22.8 Å². The van der Waals surface area contributed by atoms with Gasteiger partial charge >= 0.3 is 5.97 Å². The van der Waals surface area contributed by atoms with Crippen molar-refractivity contribution in [3.63, 3.8) is 0 Å². The zero-order chi connectivity index (χ0) is 16.8. The fourth-order valence-corrected chi connectivity index (χ4v) is 1.87. The van der Waals surface area contributed by atoms with Crippen LogP contribution in [0.3, 0.4) is 0 Å². The molecule has 0 unspecified atom stereocenters. The summed E-state index contributed by atoms with van der Waals surface area (Å²) in [6.07, 6.45) is -0.964. The van der Waals surface area contributed by atoms with E-state index in [0.717, 1.165) is 0 Å². The van der Waals surface area contributed by atoms with Crippen molar-refractivity contribution < 1.29 is 14.3 Å². The van der Waals surface area contributed by atoms with Crippen LogP contribution in [-0.2, 0) is 9.53 Å². The third kappa shape index (κ3) is 4.56. The van der Waals surface area contributed by atoms with Crippen LogP contribution in [-0.4, -0.2) is 18.0 Å². The van der Waals surface area contributed by atoms with Crippen molar-refractivity contribution in [3.05, 3.63) is 64.7 Å². The van der Waals surface area contributed by atoms with Crippen LogP contribution in [0, 0.1) is 11.3 Å². The van der Waals surface area contributed by atoms with E-state index in [-0.39, 0.29) is 5.56 Å². The van der Waals surface area contributed by atoms with Crippen LogP contribution in [0.5, 0.6) is 0 Å². The number of nitrogens with one attached hydrogen (secondary N) is 1. The van der Waals surface area contributed by atoms with Gasteiger partial charge in [0.05, 0.1) is 17.2 Å². The molecule has 2 aromatic carbocycles. The highest BCUT2D eigenvalue weighted by Crippen LogP contribution is 2.14. The number of carbonyl (C=O) groups excluding carboxylic acids is 2. The van der Waals surface area contributed by atoms with Gasteiger partial charge in [0.2, 0.25) is 0 Å². The van der Waals surface area contributed by atoms with Crippen molar-refractivity contribution in [2.24, 2.45) is 0 Å². The summed E-state index contributed by atoms with van der Waals surface area (Å²) >= 11 is 5.77. The van der Waals surface area contributed by atoms with Crippen LogP contribution in [0.25, 0.3) is 0 Å². The van der Waals surface area contributed by atoms with Crippen LogP contribution in [0.2, 0.25) is 5.02 Å². The van der Waals surface area contributed by atoms with Gasteiger partial charge in [0.15, 0.2) is 6.10 Å². The number of halogens is 1. The number of nitrogens with zero attached hydrogens (tertiary/aromatic N) is 1. The minimum Gasteiger partial charge on any atom is -0.449 e. The predicted octanol–water partition coefficient (Wildman–Crippen LogP) is 3.40. The van der Waals surface area contributed by atoms with Gasteiger partial charge in [-0.25, -0.2) is 4.79 Å². The fraction of sp³-hybridized carbons (Fsp3) is 0.118. The monoisotopic (exact) mass is 328 g/mol. The van der Waals surface area contributed by atoms with Gasteiger partial charge in [0.25, 0.3) is 5.91 Å². The second-order valence-electron chi connectivity index (χ2n) is 4.73. The summed E-state index contributed by atoms with van der Waals surface area (Å²) < 4.78 is 5.11. The van der Waals surface area contributed by atoms with E-state index in [4.69, 9.17) is 21.6 Å². The van der Waals surface area contributed by atoms with Gasteiger partial charge in [0, 0.05) is 10.7 Å². The lowest BCUT2D eigenvalue weighted by atomic mass is 10.1. The molecule has 0 fully saturated rings. The van der Waals surface area contributed by atoms with Gasteiger partial charge in [-0.15, -0.1) is 0 Å². The number of rotatable bonds is 4. The number of anilines is 1. The Morgan fingerprint density at radius 1 is 1.13 bits per heavy atom. The van der Waals surface area contributed by atoms with Crippen LogP contribution >= 0.6 is 11.6 Å². The van der Waals surface area contributed by atoms with Gasteiger partial charge in [-0.1, -0.05) is 11.6 Å². The number of ether oxygens (including phenoxy) is 1. The second kappa shape index (κ2) is 7.43. The molecule has 0 saturated carbocycles. The topological polar surface area (TPSA) is 79.2 Å². The van der Waals surface area contributed by atoms with E-state index in [2.05, 4.69) is 5.32 Å². The van der Waals surface area contributed by atoms with Gasteiger partial charge < -0.3 is 10.1 Å². The molecule has 2 rings (SSSR count). The first-order chi connectivity index (χ1) is 11.0. The average Bonchev–Trinajstić information content (AvgIpc) is 2.56. The molecule has 0 radical (unpaired) electrons. The Morgan fingerprint density at radius 3 is 2.30 bits per heavy atom. The highest BCUT2D eigenvalue weighted by molar-refractivity contribution is 6.30. The molecule has 116 valence electrons. The average molecular weight is 329 g/mol. The van der Waals surface area contributed by atoms with Gasteiger partial charge in [0.1, 0.15) is 0 Å². The van der Waals surface area contributed by atoms with Crippen molar-refractivity contribution in [1.82, 2.24) is 0 Å². The van der Waals surface area contributed by atoms with E-state index in [0.29, 0.717) is 16.3 Å². The number of benzene rings is 2. The molecule has 1 atom stereocenters. The Bertz CT molecular complexity index is 749. The SMILES string of the molecule is C[C@H](OC(=O)c1ccc(C#N)cc1)C(=O)Nc1ccc(Cl)cc1. The zero-order valence-electron chi connectivity index (χ0n) is 12.2. The third-order valence-corrected chi connectivity index (χ3v) is 3.27. The summed E-state index contributed by atoms with van der Waals surface area (Å²) in [7, 11) is 0. The Labute approximate surface area is 138 Å². The quantitative estimate of drug-likeness (QED) is 0.872. The summed E-state index contributed by atoms with van der Waals surface area (Å²) in [4.78, 5) is 24.0. The first kappa shape index (κ1) is 16.5. The highest BCUT2D eigenvalue weighted by Gasteiger charge is 2.19. The lowest BCUT2D eigenvalue weighted by molar-refractivity contribution is -0.123. The minimum absolute atomic E-state index is 0.273. The Kier molecular flexibility index (Phi) is 5.34. The minimum atomic E-state index is -0.964. The summed E-state index contributed by atoms with van der Waals surface area (Å²) in [6, 6.07) is 14.5. The Hall–Kier alpha value is -2.84. The molecule has 0 aliphatic heterocycles. The van der Waals surface area contributed by atoms with Crippen molar-refractivity contribution in [3.8, 4) is 6.07 Å². The lowest BCUT2D eigenvalue weighted by Gasteiger charge is -2.13. The molecule has 0 aliphatic carbocycles. The van der Waals surface area contributed by atoms with Crippen molar-refractivity contribution >= 4 is 29.2 Å². The van der Waals surface area contributed by atoms with Crippen LogP contribution in [0.4, 0.5) is 5.69 Å². The molecule has 5 nitrogen and oxygen atoms in total. The number of amides is 1. The maximum Gasteiger partial charge on any atom is 0.338 e. The van der Waals surface area contributed by atoms with Crippen molar-refractivity contribution in [2.75, 3.05) is 5.32 Å². The fourth-order valence-electron chi connectivity index (χ4n) is 1.74. The molecule has 1 N–H and O–H groups in total. The zero-order valence-corrected chi connectivity index (χ0v) is 13.0. The number of carbonyl (C=O) groups is 2. The smallest absolute Gasteiger partial charge is 0.338 e. The van der Waals surface area contributed by atoms with E-state index in [1.807, 2.05) is 6.07 Å². The van der Waals surface area contributed by atoms with Gasteiger partial charge in [-0.05, 0) is 55.5 Å². The number of esters is 1. The maximum atomic E-state index is 12.0. The maximum absolute atomic E-state index is 12.0. The first-order valence-electron chi connectivity index (χ1n) is 6.77. The van der Waals surface area contributed by atoms with E-state index in [1.165, 1.54) is 31.2 Å². The summed E-state index contributed by atoms with van der Waals surface area (Å²) in [5, 5.41) is 11.9. The molecule has 0 heterocycles. The second-order valence-corrected chi connectivity index (χ2v) is 5.17. The van der Waals surface area contributed by atoms with Gasteiger partial charge in [-0.2, -0.15) is 5.26 Å². The first-order valence-corrected chi connectivity index (χ1v) is 7.15. The summed E-state index contributed by atoms with van der Waals surface area (Å²) in [6.45, 7) is 1.48. The molecule has 23 heavy (non-hydrogen) atoms. The Balaban J connectivity index is 1.95. The molecule has 2 aromatic rings. The molecule has 6 heteroatoms. The van der Waals surface area contributed by atoms with Crippen LogP contribution < -0.4 is 5.32 Å². The third-order valence-electron chi connectivity index (χ3n) is 3.01. The molecular formula is C17H13ClN2O3. The Morgan fingerprint density at radius 2 is 1.74 bits per heavy atom. The normalized spacial score (nSPS) is 11.2. The largest absolute Gasteiger partial charge is 0.449 e. The van der Waals surface area contributed by atoms with Gasteiger partial charge in [-0.3, -0.25) is 4.79 Å². The molecule has 0 saturated heterocycles.